The Kier molecular flexibility index (Phi) is 5.32. The highest BCUT2D eigenvalue weighted by Gasteiger charge is 2.24. The molecule has 6 nitrogen and oxygen atoms in total. The molecule has 0 amide bonds. The van der Waals surface area contributed by atoms with Crippen molar-refractivity contribution >= 4 is 40.8 Å². The number of methoxy groups -OCH3 is 1. The van der Waals surface area contributed by atoms with E-state index in [2.05, 4.69) is 19.4 Å². The number of aromatic nitrogens is 2. The van der Waals surface area contributed by atoms with Gasteiger partial charge in [0.25, 0.3) is 0 Å². The minimum atomic E-state index is -0.293. The number of ketones is 1. The van der Waals surface area contributed by atoms with E-state index in [9.17, 15) is 9.18 Å². The Balaban J connectivity index is 1.73. The number of rotatable bonds is 5. The number of allylic oxidation sites excluding steroid dienone is 1. The first-order valence-electron chi connectivity index (χ1n) is 10.6. The molecule has 0 saturated carbocycles. The summed E-state index contributed by atoms with van der Waals surface area (Å²) in [5, 5.41) is 0.515. The van der Waals surface area contributed by atoms with Crippen LogP contribution in [0.5, 0.6) is 11.5 Å². The molecule has 1 aliphatic heterocycles. The van der Waals surface area contributed by atoms with Crippen LogP contribution < -0.4 is 13.8 Å². The first-order valence-corrected chi connectivity index (χ1v) is 11.0. The van der Waals surface area contributed by atoms with Crippen molar-refractivity contribution in [3.8, 4) is 34.1 Å². The lowest BCUT2D eigenvalue weighted by atomic mass is 9.97. The van der Waals surface area contributed by atoms with Crippen molar-refractivity contribution in [1.82, 2.24) is 9.55 Å². The third kappa shape index (κ3) is 3.42. The van der Waals surface area contributed by atoms with E-state index < -0.39 is 0 Å². The van der Waals surface area contributed by atoms with Gasteiger partial charge in [0.05, 0.1) is 29.7 Å². The van der Waals surface area contributed by atoms with Gasteiger partial charge in [-0.25, -0.2) is 9.37 Å². The summed E-state index contributed by atoms with van der Waals surface area (Å²) in [6.07, 6.45) is 0. The van der Waals surface area contributed by atoms with Crippen LogP contribution in [0.4, 0.5) is 10.1 Å². The average Bonchev–Trinajstić information content (AvgIpc) is 3.23. The van der Waals surface area contributed by atoms with Gasteiger partial charge in [-0.15, -0.1) is 0 Å². The van der Waals surface area contributed by atoms with Gasteiger partial charge in [-0.3, -0.25) is 4.79 Å². The molecule has 1 aliphatic rings. The monoisotopic (exact) mass is 475 g/mol. The Bertz CT molecular complexity index is 1490. The summed E-state index contributed by atoms with van der Waals surface area (Å²) < 4.78 is 29.5. The van der Waals surface area contributed by atoms with E-state index in [1.807, 2.05) is 28.8 Å². The van der Waals surface area contributed by atoms with Crippen LogP contribution in [0.15, 0.2) is 55.1 Å². The Morgan fingerprint density at radius 2 is 2.06 bits per heavy atom. The summed E-state index contributed by atoms with van der Waals surface area (Å²) in [6, 6.07) is 14.1. The van der Waals surface area contributed by atoms with Gasteiger partial charge in [0.2, 0.25) is 0 Å². The molecule has 2 aromatic heterocycles. The quantitative estimate of drug-likeness (QED) is 0.294. The number of nitrogens with zero attached hydrogens (tertiary/aromatic N) is 3. The number of carbonyl (C=O) groups is 1. The van der Waals surface area contributed by atoms with Crippen molar-refractivity contribution in [2.45, 2.75) is 13.7 Å². The number of ether oxygens (including phenoxy) is 2. The molecule has 0 saturated heterocycles. The van der Waals surface area contributed by atoms with Gasteiger partial charge >= 0.3 is 0 Å². The Hall–Kier alpha value is -3.78. The second kappa shape index (κ2) is 8.22. The van der Waals surface area contributed by atoms with Crippen LogP contribution in [0.1, 0.15) is 12.5 Å². The van der Waals surface area contributed by atoms with Crippen molar-refractivity contribution in [2.24, 2.45) is 0 Å². The number of anilines is 1. The fourth-order valence-corrected chi connectivity index (χ4v) is 4.42. The summed E-state index contributed by atoms with van der Waals surface area (Å²) in [7, 11) is 3.34. The summed E-state index contributed by atoms with van der Waals surface area (Å²) >= 11 is 4.50. The SMILES string of the molecule is C=C(C(C)=O)c1cc(-c2ccc3c(n2)-c2cc4c(F)cccc4n2CO3)c(N(C)S)cc1OC. The van der Waals surface area contributed by atoms with Crippen LogP contribution in [0.2, 0.25) is 0 Å². The molecule has 0 atom stereocenters. The smallest absolute Gasteiger partial charge is 0.165 e. The van der Waals surface area contributed by atoms with E-state index in [0.717, 1.165) is 22.5 Å². The highest BCUT2D eigenvalue weighted by atomic mass is 32.1. The minimum Gasteiger partial charge on any atom is -0.496 e. The molecular weight excluding hydrogens is 453 g/mol. The fourth-order valence-electron chi connectivity index (χ4n) is 4.25. The summed E-state index contributed by atoms with van der Waals surface area (Å²) in [4.78, 5) is 17.0. The zero-order chi connectivity index (χ0) is 24.1. The largest absolute Gasteiger partial charge is 0.496 e. The van der Waals surface area contributed by atoms with Crippen LogP contribution in [0.25, 0.3) is 39.1 Å². The van der Waals surface area contributed by atoms with Crippen molar-refractivity contribution in [3.63, 3.8) is 0 Å². The number of benzene rings is 2. The molecule has 8 heteroatoms. The molecule has 34 heavy (non-hydrogen) atoms. The number of thiol groups is 1. The molecule has 172 valence electrons. The topological polar surface area (TPSA) is 56.6 Å². The molecule has 0 aliphatic carbocycles. The second-order valence-corrected chi connectivity index (χ2v) is 8.67. The summed E-state index contributed by atoms with van der Waals surface area (Å²) in [5.41, 5.74) is 5.14. The van der Waals surface area contributed by atoms with Crippen molar-refractivity contribution in [1.29, 1.82) is 0 Å². The maximum absolute atomic E-state index is 14.5. The number of hydrogen-bond acceptors (Lipinski definition) is 6. The summed E-state index contributed by atoms with van der Waals surface area (Å²) in [6.45, 7) is 5.67. The average molecular weight is 476 g/mol. The van der Waals surface area contributed by atoms with E-state index in [0.29, 0.717) is 39.4 Å². The molecule has 0 radical (unpaired) electrons. The number of hydrogen-bond donors (Lipinski definition) is 1. The molecular formula is C26H22FN3O3S. The second-order valence-electron chi connectivity index (χ2n) is 8.07. The maximum Gasteiger partial charge on any atom is 0.165 e. The Morgan fingerprint density at radius 3 is 2.76 bits per heavy atom. The van der Waals surface area contributed by atoms with Gasteiger partial charge in [0.15, 0.2) is 12.5 Å². The van der Waals surface area contributed by atoms with E-state index in [-0.39, 0.29) is 18.3 Å². The third-order valence-corrected chi connectivity index (χ3v) is 6.25. The number of carbonyl (C=O) groups excluding carboxylic acids is 1. The maximum atomic E-state index is 14.5. The lowest BCUT2D eigenvalue weighted by molar-refractivity contribution is -0.111. The predicted octanol–water partition coefficient (Wildman–Crippen LogP) is 5.75. The molecule has 0 bridgehead atoms. The lowest BCUT2D eigenvalue weighted by Crippen LogP contribution is -2.13. The van der Waals surface area contributed by atoms with Gasteiger partial charge in [-0.2, -0.15) is 0 Å². The highest BCUT2D eigenvalue weighted by molar-refractivity contribution is 7.81. The molecule has 5 rings (SSSR count). The normalized spacial score (nSPS) is 12.0. The molecule has 4 aromatic rings. The van der Waals surface area contributed by atoms with Crippen LogP contribution in [0.3, 0.4) is 0 Å². The summed E-state index contributed by atoms with van der Waals surface area (Å²) in [5.74, 6) is 0.673. The van der Waals surface area contributed by atoms with E-state index in [1.165, 1.54) is 13.0 Å². The zero-order valence-electron chi connectivity index (χ0n) is 18.9. The van der Waals surface area contributed by atoms with Gasteiger partial charge in [-0.1, -0.05) is 25.5 Å². The van der Waals surface area contributed by atoms with Crippen LogP contribution in [0, 0.1) is 5.82 Å². The predicted molar refractivity (Wildman–Crippen MR) is 135 cm³/mol. The number of fused-ring (bicyclic) bond motifs is 5. The first kappa shape index (κ1) is 22.0. The first-order chi connectivity index (χ1) is 16.3. The standard InChI is InChI=1S/C26H22FN3O3S/c1-14(15(2)31)16-10-18(22(29(3)34)12-25(16)32-4)20-8-9-24-26(28-20)23-11-17-19(27)6-5-7-21(17)30(23)13-33-24/h5-12,34H,1,13H2,2-4H3. The Morgan fingerprint density at radius 1 is 1.26 bits per heavy atom. The van der Waals surface area contributed by atoms with Gasteiger partial charge in [0.1, 0.15) is 23.0 Å². The van der Waals surface area contributed by atoms with Gasteiger partial charge in [0, 0.05) is 35.2 Å². The molecule has 3 heterocycles. The van der Waals surface area contributed by atoms with Crippen LogP contribution in [-0.2, 0) is 11.5 Å². The lowest BCUT2D eigenvalue weighted by Gasteiger charge is -2.23. The molecule has 0 spiro atoms. The molecule has 0 fully saturated rings. The van der Waals surface area contributed by atoms with Gasteiger partial charge < -0.3 is 18.3 Å². The number of halogens is 1. The molecule has 0 unspecified atom stereocenters. The van der Waals surface area contributed by atoms with Gasteiger partial charge in [-0.05, 0) is 43.3 Å². The van der Waals surface area contributed by atoms with E-state index in [1.54, 1.807) is 36.7 Å². The van der Waals surface area contributed by atoms with Crippen LogP contribution in [-0.4, -0.2) is 29.5 Å². The fraction of sp³-hybridized carbons (Fsp3) is 0.154. The van der Waals surface area contributed by atoms with E-state index >= 15 is 0 Å². The highest BCUT2D eigenvalue weighted by Crippen LogP contribution is 2.42. The van der Waals surface area contributed by atoms with Crippen molar-refractivity contribution in [2.75, 3.05) is 18.5 Å². The van der Waals surface area contributed by atoms with E-state index in [4.69, 9.17) is 14.5 Å². The van der Waals surface area contributed by atoms with Crippen molar-refractivity contribution in [3.05, 3.63) is 66.5 Å². The molecule has 2 aromatic carbocycles. The van der Waals surface area contributed by atoms with Crippen molar-refractivity contribution < 1.29 is 18.7 Å². The molecule has 0 N–H and O–H groups in total. The number of Topliss-reactive ketones (excluding diaryl/α,β-unsaturated/α-hetero) is 1. The Labute approximate surface area is 201 Å². The minimum absolute atomic E-state index is 0.158. The zero-order valence-corrected chi connectivity index (χ0v) is 19.8. The van der Waals surface area contributed by atoms with Crippen LogP contribution >= 0.6 is 12.8 Å². The number of pyridine rings is 1. The third-order valence-electron chi connectivity index (χ3n) is 6.04.